The van der Waals surface area contributed by atoms with Crippen molar-refractivity contribution in [2.75, 3.05) is 19.4 Å². The summed E-state index contributed by atoms with van der Waals surface area (Å²) in [6.07, 6.45) is 0.887. The Balaban J connectivity index is 1.99. The van der Waals surface area contributed by atoms with Crippen LogP contribution in [0.25, 0.3) is 0 Å². The minimum atomic E-state index is -3.56. The number of halogens is 1. The highest BCUT2D eigenvalue weighted by molar-refractivity contribution is 9.10. The summed E-state index contributed by atoms with van der Waals surface area (Å²) in [4.78, 5) is 0.339. The fourth-order valence-electron chi connectivity index (χ4n) is 2.88. The molecule has 2 aromatic rings. The second-order valence-corrected chi connectivity index (χ2v) is 9.72. The zero-order valence-corrected chi connectivity index (χ0v) is 17.3. The van der Waals surface area contributed by atoms with Crippen molar-refractivity contribution in [1.82, 2.24) is 4.31 Å². The molecular weight excluding hydrogens is 422 g/mol. The topological polar surface area (TPSA) is 46.6 Å². The molecule has 1 atom stereocenters. The highest BCUT2D eigenvalue weighted by atomic mass is 79.9. The molecule has 0 radical (unpaired) electrons. The first-order valence-electron chi connectivity index (χ1n) is 8.03. The first-order valence-corrected chi connectivity index (χ1v) is 11.3. The number of methoxy groups -OCH3 is 1. The second kappa shape index (κ2) is 7.70. The Morgan fingerprint density at radius 3 is 2.60 bits per heavy atom. The summed E-state index contributed by atoms with van der Waals surface area (Å²) in [7, 11) is -1.95. The van der Waals surface area contributed by atoms with Crippen LogP contribution in [-0.4, -0.2) is 32.1 Å². The molecule has 0 saturated carbocycles. The van der Waals surface area contributed by atoms with E-state index in [1.165, 1.54) is 0 Å². The third kappa shape index (κ3) is 3.74. The van der Waals surface area contributed by atoms with Gasteiger partial charge in [-0.2, -0.15) is 4.31 Å². The van der Waals surface area contributed by atoms with Crippen LogP contribution in [0.2, 0.25) is 0 Å². The number of ether oxygens (including phenoxy) is 1. The van der Waals surface area contributed by atoms with Gasteiger partial charge in [0, 0.05) is 22.3 Å². The summed E-state index contributed by atoms with van der Waals surface area (Å²) < 4.78 is 34.3. The number of sulfonamides is 1. The zero-order valence-electron chi connectivity index (χ0n) is 14.1. The summed E-state index contributed by atoms with van der Waals surface area (Å²) in [5, 5.41) is -0.289. The Bertz CT molecular complexity index is 853. The van der Waals surface area contributed by atoms with Crippen molar-refractivity contribution in [3.05, 3.63) is 58.1 Å². The molecule has 0 spiro atoms. The van der Waals surface area contributed by atoms with Crippen molar-refractivity contribution in [2.45, 2.75) is 23.6 Å². The number of hydrogen-bond acceptors (Lipinski definition) is 4. The number of benzene rings is 2. The number of rotatable bonds is 5. The molecule has 25 heavy (non-hydrogen) atoms. The summed E-state index contributed by atoms with van der Waals surface area (Å²) in [6, 6.07) is 12.8. The van der Waals surface area contributed by atoms with Crippen LogP contribution in [0, 0.1) is 0 Å². The first-order chi connectivity index (χ1) is 12.0. The van der Waals surface area contributed by atoms with Crippen LogP contribution in [-0.2, 0) is 16.4 Å². The van der Waals surface area contributed by atoms with Crippen LogP contribution in [0.15, 0.2) is 51.8 Å². The third-order valence-electron chi connectivity index (χ3n) is 4.24. The summed E-state index contributed by atoms with van der Waals surface area (Å²) in [5.41, 5.74) is 1.99. The van der Waals surface area contributed by atoms with Crippen LogP contribution in [0.4, 0.5) is 0 Å². The van der Waals surface area contributed by atoms with Gasteiger partial charge in [0.2, 0.25) is 10.0 Å². The molecule has 1 fully saturated rings. The van der Waals surface area contributed by atoms with Crippen molar-refractivity contribution in [1.29, 1.82) is 0 Å². The highest BCUT2D eigenvalue weighted by Gasteiger charge is 2.38. The zero-order chi connectivity index (χ0) is 18.0. The fraction of sp³-hybridized carbons (Fsp3) is 0.333. The average Bonchev–Trinajstić information content (AvgIpc) is 3.12. The molecule has 1 aliphatic rings. The van der Waals surface area contributed by atoms with Gasteiger partial charge in [-0.3, -0.25) is 0 Å². The van der Waals surface area contributed by atoms with E-state index in [1.54, 1.807) is 35.3 Å². The molecule has 1 aliphatic heterocycles. The van der Waals surface area contributed by atoms with E-state index in [0.717, 1.165) is 27.8 Å². The maximum atomic E-state index is 13.2. The minimum Gasteiger partial charge on any atom is -0.496 e. The maximum absolute atomic E-state index is 13.2. The van der Waals surface area contributed by atoms with Gasteiger partial charge in [-0.05, 0) is 42.3 Å². The van der Waals surface area contributed by atoms with E-state index in [1.807, 2.05) is 30.3 Å². The lowest BCUT2D eigenvalue weighted by Gasteiger charge is -2.25. The molecule has 7 heteroatoms. The maximum Gasteiger partial charge on any atom is 0.244 e. The van der Waals surface area contributed by atoms with E-state index in [0.29, 0.717) is 17.2 Å². The van der Waals surface area contributed by atoms with Crippen LogP contribution in [0.3, 0.4) is 0 Å². The molecule has 0 N–H and O–H groups in total. The molecule has 4 nitrogen and oxygen atoms in total. The standard InChI is InChI=1S/C18H20BrNO3S2/c1-3-13-4-7-15(8-5-13)25(21,22)20-10-11-24-18(20)16-12-14(19)6-9-17(16)23-2/h4-9,12,18H,3,10-11H2,1-2H3/t18-/m1/s1. The van der Waals surface area contributed by atoms with Crippen LogP contribution in [0.5, 0.6) is 5.75 Å². The van der Waals surface area contributed by atoms with Gasteiger partial charge in [-0.25, -0.2) is 8.42 Å². The molecule has 3 rings (SSSR count). The van der Waals surface area contributed by atoms with Crippen molar-refractivity contribution < 1.29 is 13.2 Å². The molecule has 0 aliphatic carbocycles. The highest BCUT2D eigenvalue weighted by Crippen LogP contribution is 2.45. The van der Waals surface area contributed by atoms with Gasteiger partial charge in [0.15, 0.2) is 0 Å². The summed E-state index contributed by atoms with van der Waals surface area (Å²) >= 11 is 5.09. The monoisotopic (exact) mass is 441 g/mol. The molecule has 0 aromatic heterocycles. The van der Waals surface area contributed by atoms with E-state index in [4.69, 9.17) is 4.74 Å². The van der Waals surface area contributed by atoms with Gasteiger partial charge in [0.05, 0.1) is 17.4 Å². The SMILES string of the molecule is CCc1ccc(S(=O)(=O)N2CCS[C@@H]2c2cc(Br)ccc2OC)cc1. The minimum absolute atomic E-state index is 0.289. The fourth-order valence-corrected chi connectivity index (χ4v) is 6.50. The van der Waals surface area contributed by atoms with E-state index >= 15 is 0 Å². The number of hydrogen-bond donors (Lipinski definition) is 0. The normalized spacial score (nSPS) is 18.4. The van der Waals surface area contributed by atoms with Gasteiger partial charge in [-0.15, -0.1) is 11.8 Å². The number of thioether (sulfide) groups is 1. The van der Waals surface area contributed by atoms with Crippen molar-refractivity contribution >= 4 is 37.7 Å². The van der Waals surface area contributed by atoms with Crippen LogP contribution in [0.1, 0.15) is 23.4 Å². The first kappa shape index (κ1) is 18.8. The third-order valence-corrected chi connectivity index (χ3v) is 7.99. The van der Waals surface area contributed by atoms with Gasteiger partial charge in [-0.1, -0.05) is 35.0 Å². The van der Waals surface area contributed by atoms with E-state index in [-0.39, 0.29) is 5.37 Å². The average molecular weight is 442 g/mol. The van der Waals surface area contributed by atoms with Crippen molar-refractivity contribution in [3.63, 3.8) is 0 Å². The number of nitrogens with zero attached hydrogens (tertiary/aromatic N) is 1. The lowest BCUT2D eigenvalue weighted by molar-refractivity contribution is 0.390. The Labute approximate surface area is 161 Å². The smallest absolute Gasteiger partial charge is 0.244 e. The predicted molar refractivity (Wildman–Crippen MR) is 106 cm³/mol. The lowest BCUT2D eigenvalue weighted by atomic mass is 10.2. The molecule has 2 aromatic carbocycles. The quantitative estimate of drug-likeness (QED) is 0.686. The van der Waals surface area contributed by atoms with Crippen molar-refractivity contribution in [3.8, 4) is 5.75 Å². The van der Waals surface area contributed by atoms with Crippen molar-refractivity contribution in [2.24, 2.45) is 0 Å². The van der Waals surface area contributed by atoms with E-state index in [2.05, 4.69) is 22.9 Å². The largest absolute Gasteiger partial charge is 0.496 e. The molecule has 134 valence electrons. The summed E-state index contributed by atoms with van der Waals surface area (Å²) in [6.45, 7) is 2.54. The Morgan fingerprint density at radius 1 is 1.24 bits per heavy atom. The second-order valence-electron chi connectivity index (χ2n) is 5.72. The lowest BCUT2D eigenvalue weighted by Crippen LogP contribution is -2.30. The van der Waals surface area contributed by atoms with E-state index < -0.39 is 10.0 Å². The number of aryl methyl sites for hydroxylation is 1. The Kier molecular flexibility index (Phi) is 5.78. The van der Waals surface area contributed by atoms with Gasteiger partial charge in [0.1, 0.15) is 5.75 Å². The van der Waals surface area contributed by atoms with Crippen LogP contribution < -0.4 is 4.74 Å². The van der Waals surface area contributed by atoms with Crippen LogP contribution >= 0.6 is 27.7 Å². The molecule has 0 unspecified atom stereocenters. The molecule has 1 heterocycles. The Hall–Kier alpha value is -1.02. The predicted octanol–water partition coefficient (Wildman–Crippen LogP) is 4.46. The molecule has 1 saturated heterocycles. The molecule has 0 bridgehead atoms. The van der Waals surface area contributed by atoms with Gasteiger partial charge in [0.25, 0.3) is 0 Å². The summed E-state index contributed by atoms with van der Waals surface area (Å²) in [5.74, 6) is 1.45. The molecule has 0 amide bonds. The van der Waals surface area contributed by atoms with E-state index in [9.17, 15) is 8.42 Å². The Morgan fingerprint density at radius 2 is 1.96 bits per heavy atom. The molecular formula is C18H20BrNO3S2. The van der Waals surface area contributed by atoms with Gasteiger partial charge >= 0.3 is 0 Å². The van der Waals surface area contributed by atoms with Gasteiger partial charge < -0.3 is 4.74 Å².